The highest BCUT2D eigenvalue weighted by Crippen LogP contribution is 2.54. The smallest absolute Gasteiger partial charge is 0.221 e. The van der Waals surface area contributed by atoms with Gasteiger partial charge >= 0.3 is 0 Å². The lowest BCUT2D eigenvalue weighted by molar-refractivity contribution is -0.131. The highest BCUT2D eigenvalue weighted by molar-refractivity contribution is 5.75. The van der Waals surface area contributed by atoms with Gasteiger partial charge in [-0.15, -0.1) is 0 Å². The van der Waals surface area contributed by atoms with Crippen LogP contribution in [0.1, 0.15) is 45.4 Å². The van der Waals surface area contributed by atoms with Crippen molar-refractivity contribution in [3.05, 3.63) is 0 Å². The van der Waals surface area contributed by atoms with Crippen LogP contribution in [0.2, 0.25) is 0 Å². The molecule has 2 aliphatic rings. The SMILES string of the molecule is CCOC1CC(NCCC(=O)NC)C12CCCC2. The van der Waals surface area contributed by atoms with Gasteiger partial charge in [0.05, 0.1) is 6.10 Å². The predicted octanol–water partition coefficient (Wildman–Crippen LogP) is 1.45. The molecule has 0 aliphatic heterocycles. The molecule has 0 bridgehead atoms. The van der Waals surface area contributed by atoms with Crippen LogP contribution >= 0.6 is 0 Å². The van der Waals surface area contributed by atoms with Crippen LogP contribution in [0.5, 0.6) is 0 Å². The number of carbonyl (C=O) groups is 1. The molecular weight excluding hydrogens is 228 g/mol. The number of nitrogens with one attached hydrogen (secondary N) is 2. The van der Waals surface area contributed by atoms with Crippen molar-refractivity contribution in [3.8, 4) is 0 Å². The molecule has 2 saturated carbocycles. The van der Waals surface area contributed by atoms with Crippen molar-refractivity contribution >= 4 is 5.91 Å². The van der Waals surface area contributed by atoms with Crippen LogP contribution in [0, 0.1) is 5.41 Å². The number of rotatable bonds is 6. The summed E-state index contributed by atoms with van der Waals surface area (Å²) in [7, 11) is 1.69. The average Bonchev–Trinajstić information content (AvgIpc) is 2.88. The molecule has 0 aromatic rings. The zero-order valence-corrected chi connectivity index (χ0v) is 11.6. The van der Waals surface area contributed by atoms with Gasteiger partial charge in [-0.1, -0.05) is 12.8 Å². The van der Waals surface area contributed by atoms with Crippen molar-refractivity contribution in [2.45, 2.75) is 57.6 Å². The molecular formula is C14H26N2O2. The Hall–Kier alpha value is -0.610. The number of carbonyl (C=O) groups excluding carboxylic acids is 1. The van der Waals surface area contributed by atoms with Crippen LogP contribution in [-0.4, -0.2) is 38.3 Å². The molecule has 1 spiro atoms. The lowest BCUT2D eigenvalue weighted by Crippen LogP contribution is -2.62. The van der Waals surface area contributed by atoms with Gasteiger partial charge in [-0.05, 0) is 26.2 Å². The van der Waals surface area contributed by atoms with Crippen molar-refractivity contribution in [2.75, 3.05) is 20.2 Å². The van der Waals surface area contributed by atoms with Crippen LogP contribution in [0.3, 0.4) is 0 Å². The minimum Gasteiger partial charge on any atom is -0.378 e. The van der Waals surface area contributed by atoms with Gasteiger partial charge in [0.1, 0.15) is 0 Å². The highest BCUT2D eigenvalue weighted by Gasteiger charge is 2.56. The Morgan fingerprint density at radius 2 is 2.11 bits per heavy atom. The quantitative estimate of drug-likeness (QED) is 0.754. The first kappa shape index (κ1) is 13.8. The van der Waals surface area contributed by atoms with Crippen LogP contribution < -0.4 is 10.6 Å². The van der Waals surface area contributed by atoms with E-state index in [-0.39, 0.29) is 5.91 Å². The Balaban J connectivity index is 1.81. The maximum absolute atomic E-state index is 11.2. The van der Waals surface area contributed by atoms with E-state index < -0.39 is 0 Å². The Kier molecular flexibility index (Phi) is 4.62. The fourth-order valence-corrected chi connectivity index (χ4v) is 3.66. The topological polar surface area (TPSA) is 50.4 Å². The third-order valence-corrected chi connectivity index (χ3v) is 4.71. The van der Waals surface area contributed by atoms with E-state index in [9.17, 15) is 4.79 Å². The van der Waals surface area contributed by atoms with E-state index in [1.807, 2.05) is 0 Å². The van der Waals surface area contributed by atoms with Crippen LogP contribution in [0.4, 0.5) is 0 Å². The summed E-state index contributed by atoms with van der Waals surface area (Å²) in [6.07, 6.45) is 7.37. The van der Waals surface area contributed by atoms with Crippen molar-refractivity contribution < 1.29 is 9.53 Å². The Morgan fingerprint density at radius 1 is 1.39 bits per heavy atom. The first-order valence-electron chi connectivity index (χ1n) is 7.28. The standard InChI is InChI=1S/C14H26N2O2/c1-3-18-12-10-11(14(12)7-4-5-8-14)16-9-6-13(17)15-2/h11-12,16H,3-10H2,1-2H3,(H,15,17). The predicted molar refractivity (Wildman–Crippen MR) is 71.4 cm³/mol. The molecule has 0 heterocycles. The number of hydrogen-bond acceptors (Lipinski definition) is 3. The summed E-state index contributed by atoms with van der Waals surface area (Å²) in [6, 6.07) is 0.557. The zero-order chi connectivity index (χ0) is 13.0. The van der Waals surface area contributed by atoms with E-state index in [1.54, 1.807) is 7.05 Å². The zero-order valence-electron chi connectivity index (χ0n) is 11.6. The van der Waals surface area contributed by atoms with Gasteiger partial charge in [-0.2, -0.15) is 0 Å². The molecule has 4 heteroatoms. The van der Waals surface area contributed by atoms with Gasteiger partial charge in [0.25, 0.3) is 0 Å². The van der Waals surface area contributed by atoms with E-state index in [2.05, 4.69) is 17.6 Å². The summed E-state index contributed by atoms with van der Waals surface area (Å²) in [6.45, 7) is 3.68. The molecule has 2 fully saturated rings. The second-order valence-corrected chi connectivity index (χ2v) is 5.55. The third-order valence-electron chi connectivity index (χ3n) is 4.71. The second-order valence-electron chi connectivity index (χ2n) is 5.55. The molecule has 0 aromatic carbocycles. The van der Waals surface area contributed by atoms with E-state index >= 15 is 0 Å². The van der Waals surface area contributed by atoms with E-state index in [4.69, 9.17) is 4.74 Å². The van der Waals surface area contributed by atoms with Crippen LogP contribution in [-0.2, 0) is 9.53 Å². The van der Waals surface area contributed by atoms with Crippen LogP contribution in [0.25, 0.3) is 0 Å². The average molecular weight is 254 g/mol. The van der Waals surface area contributed by atoms with E-state index in [0.717, 1.165) is 19.6 Å². The summed E-state index contributed by atoms with van der Waals surface area (Å²) >= 11 is 0. The molecule has 0 saturated heterocycles. The Morgan fingerprint density at radius 3 is 2.72 bits per heavy atom. The third kappa shape index (κ3) is 2.54. The fraction of sp³-hybridized carbons (Fsp3) is 0.929. The molecule has 2 rings (SSSR count). The number of amides is 1. The fourth-order valence-electron chi connectivity index (χ4n) is 3.66. The summed E-state index contributed by atoms with van der Waals surface area (Å²) in [4.78, 5) is 11.2. The van der Waals surface area contributed by atoms with Gasteiger partial charge in [0, 0.05) is 38.1 Å². The van der Waals surface area contributed by atoms with Crippen molar-refractivity contribution in [1.29, 1.82) is 0 Å². The molecule has 1 amide bonds. The molecule has 2 unspecified atom stereocenters. The van der Waals surface area contributed by atoms with E-state index in [0.29, 0.717) is 24.0 Å². The molecule has 18 heavy (non-hydrogen) atoms. The Bertz CT molecular complexity index is 288. The highest BCUT2D eigenvalue weighted by atomic mass is 16.5. The van der Waals surface area contributed by atoms with Gasteiger partial charge in [-0.3, -0.25) is 4.79 Å². The minimum absolute atomic E-state index is 0.114. The maximum Gasteiger partial charge on any atom is 0.221 e. The van der Waals surface area contributed by atoms with E-state index in [1.165, 1.54) is 25.7 Å². The summed E-state index contributed by atoms with van der Waals surface area (Å²) < 4.78 is 5.88. The van der Waals surface area contributed by atoms with Crippen molar-refractivity contribution in [3.63, 3.8) is 0 Å². The second kappa shape index (κ2) is 6.02. The number of hydrogen-bond donors (Lipinski definition) is 2. The van der Waals surface area contributed by atoms with Crippen LogP contribution in [0.15, 0.2) is 0 Å². The summed E-state index contributed by atoms with van der Waals surface area (Å²) in [5.74, 6) is 0.114. The molecule has 2 atom stereocenters. The number of ether oxygens (including phenoxy) is 1. The van der Waals surface area contributed by atoms with Crippen molar-refractivity contribution in [2.24, 2.45) is 5.41 Å². The first-order valence-corrected chi connectivity index (χ1v) is 7.28. The van der Waals surface area contributed by atoms with Gasteiger partial charge < -0.3 is 15.4 Å². The largest absolute Gasteiger partial charge is 0.378 e. The lowest BCUT2D eigenvalue weighted by atomic mass is 9.60. The van der Waals surface area contributed by atoms with Gasteiger partial charge in [0.2, 0.25) is 5.91 Å². The molecule has 0 aromatic heterocycles. The monoisotopic (exact) mass is 254 g/mol. The summed E-state index contributed by atoms with van der Waals surface area (Å²) in [5.41, 5.74) is 0.374. The lowest BCUT2D eigenvalue weighted by Gasteiger charge is -2.54. The first-order chi connectivity index (χ1) is 8.73. The molecule has 2 N–H and O–H groups in total. The van der Waals surface area contributed by atoms with Crippen molar-refractivity contribution in [1.82, 2.24) is 10.6 Å². The Labute approximate surface area is 110 Å². The maximum atomic E-state index is 11.2. The molecule has 0 radical (unpaired) electrons. The normalized spacial score (nSPS) is 29.2. The van der Waals surface area contributed by atoms with Gasteiger partial charge in [-0.25, -0.2) is 0 Å². The summed E-state index contributed by atoms with van der Waals surface area (Å²) in [5, 5.41) is 6.23. The molecule has 104 valence electrons. The molecule has 4 nitrogen and oxygen atoms in total. The molecule has 2 aliphatic carbocycles. The minimum atomic E-state index is 0.114. The van der Waals surface area contributed by atoms with Gasteiger partial charge in [0.15, 0.2) is 0 Å².